The number of aromatic nitrogens is 2. The van der Waals surface area contributed by atoms with Gasteiger partial charge in [0.2, 0.25) is 5.89 Å². The first-order chi connectivity index (χ1) is 7.90. The second kappa shape index (κ2) is 5.66. The van der Waals surface area contributed by atoms with Gasteiger partial charge in [-0.25, -0.2) is 0 Å². The van der Waals surface area contributed by atoms with Crippen LogP contribution in [0.2, 0.25) is 0 Å². The number of hydrogen-bond acceptors (Lipinski definition) is 4. The van der Waals surface area contributed by atoms with Gasteiger partial charge in [0, 0.05) is 5.92 Å². The average molecular weight is 219 g/mol. The summed E-state index contributed by atoms with van der Waals surface area (Å²) in [7, 11) is 0. The van der Waals surface area contributed by atoms with Crippen LogP contribution in [0.4, 0.5) is 0 Å². The summed E-state index contributed by atoms with van der Waals surface area (Å²) in [6.45, 7) is 1.09. The Bertz CT molecular complexity index is 361. The molecule has 1 aromatic rings. The third-order valence-electron chi connectivity index (χ3n) is 2.96. The lowest BCUT2D eigenvalue weighted by atomic mass is 9.89. The van der Waals surface area contributed by atoms with Gasteiger partial charge in [0.25, 0.3) is 0 Å². The maximum atomic E-state index is 5.17. The van der Waals surface area contributed by atoms with Crippen LogP contribution in [0.15, 0.2) is 4.52 Å². The van der Waals surface area contributed by atoms with Crippen LogP contribution in [0.1, 0.15) is 49.7 Å². The number of nitrogens with zero attached hydrogens (tertiary/aromatic N) is 2. The van der Waals surface area contributed by atoms with Crippen LogP contribution < -0.4 is 5.32 Å². The average Bonchev–Trinajstić information content (AvgIpc) is 2.79. The summed E-state index contributed by atoms with van der Waals surface area (Å²) >= 11 is 0. The minimum absolute atomic E-state index is 0.499. The number of terminal acetylenes is 1. The summed E-state index contributed by atoms with van der Waals surface area (Å²) in [5, 5.41) is 7.08. The van der Waals surface area contributed by atoms with Gasteiger partial charge in [0.05, 0.1) is 13.1 Å². The van der Waals surface area contributed by atoms with Crippen molar-refractivity contribution in [3.05, 3.63) is 11.7 Å². The van der Waals surface area contributed by atoms with Crippen LogP contribution >= 0.6 is 0 Å². The van der Waals surface area contributed by atoms with Crippen molar-refractivity contribution in [3.63, 3.8) is 0 Å². The van der Waals surface area contributed by atoms with Crippen molar-refractivity contribution in [1.82, 2.24) is 15.5 Å². The van der Waals surface area contributed by atoms with Crippen molar-refractivity contribution in [1.29, 1.82) is 0 Å². The summed E-state index contributed by atoms with van der Waals surface area (Å²) in [5.41, 5.74) is 0. The molecule has 0 aliphatic heterocycles. The highest BCUT2D eigenvalue weighted by Gasteiger charge is 2.20. The zero-order valence-electron chi connectivity index (χ0n) is 9.41. The van der Waals surface area contributed by atoms with Crippen LogP contribution in [0.25, 0.3) is 0 Å². The van der Waals surface area contributed by atoms with Gasteiger partial charge in [-0.1, -0.05) is 30.3 Å². The molecule has 1 N–H and O–H groups in total. The third kappa shape index (κ3) is 2.83. The van der Waals surface area contributed by atoms with E-state index in [-0.39, 0.29) is 0 Å². The van der Waals surface area contributed by atoms with E-state index in [9.17, 15) is 0 Å². The Morgan fingerprint density at radius 3 is 2.94 bits per heavy atom. The number of rotatable bonds is 4. The zero-order chi connectivity index (χ0) is 11.2. The molecule has 0 atom stereocenters. The summed E-state index contributed by atoms with van der Waals surface area (Å²) < 4.78 is 5.17. The predicted octanol–water partition coefficient (Wildman–Crippen LogP) is 1.84. The molecular formula is C12H17N3O. The predicted molar refractivity (Wildman–Crippen MR) is 60.7 cm³/mol. The van der Waals surface area contributed by atoms with Crippen molar-refractivity contribution in [2.24, 2.45) is 0 Å². The van der Waals surface area contributed by atoms with Gasteiger partial charge >= 0.3 is 0 Å². The van der Waals surface area contributed by atoms with Crippen LogP contribution in [-0.4, -0.2) is 16.7 Å². The fourth-order valence-corrected chi connectivity index (χ4v) is 2.11. The summed E-state index contributed by atoms with van der Waals surface area (Å²) in [6.07, 6.45) is 11.4. The first kappa shape index (κ1) is 11.2. The number of hydrogen-bond donors (Lipinski definition) is 1. The van der Waals surface area contributed by atoms with Gasteiger partial charge in [-0.3, -0.25) is 5.32 Å². The van der Waals surface area contributed by atoms with E-state index in [1.54, 1.807) is 0 Å². The van der Waals surface area contributed by atoms with E-state index in [1.807, 2.05) is 0 Å². The van der Waals surface area contributed by atoms with Crippen molar-refractivity contribution >= 4 is 0 Å². The molecule has 16 heavy (non-hydrogen) atoms. The summed E-state index contributed by atoms with van der Waals surface area (Å²) in [5.74, 6) is 4.51. The van der Waals surface area contributed by atoms with Gasteiger partial charge in [0.15, 0.2) is 5.82 Å². The lowest BCUT2D eigenvalue weighted by molar-refractivity contribution is 0.352. The largest absolute Gasteiger partial charge is 0.338 e. The van der Waals surface area contributed by atoms with E-state index in [2.05, 4.69) is 21.4 Å². The van der Waals surface area contributed by atoms with Gasteiger partial charge < -0.3 is 4.52 Å². The topological polar surface area (TPSA) is 51.0 Å². The molecule has 1 heterocycles. The molecule has 0 unspecified atom stereocenters. The molecule has 1 saturated carbocycles. The molecule has 0 radical (unpaired) electrons. The molecule has 1 aromatic heterocycles. The highest BCUT2D eigenvalue weighted by molar-refractivity contribution is 4.97. The molecule has 1 fully saturated rings. The molecule has 4 nitrogen and oxygen atoms in total. The molecule has 1 aliphatic rings. The van der Waals surface area contributed by atoms with Crippen LogP contribution in [-0.2, 0) is 6.54 Å². The SMILES string of the molecule is C#CCNCc1nc(C2CCCCC2)no1. The maximum Gasteiger partial charge on any atom is 0.240 e. The maximum absolute atomic E-state index is 5.17. The highest BCUT2D eigenvalue weighted by Crippen LogP contribution is 2.30. The fourth-order valence-electron chi connectivity index (χ4n) is 2.11. The zero-order valence-corrected chi connectivity index (χ0v) is 9.41. The van der Waals surface area contributed by atoms with Gasteiger partial charge in [0.1, 0.15) is 0 Å². The lowest BCUT2D eigenvalue weighted by Crippen LogP contribution is -2.13. The molecule has 0 aromatic carbocycles. The first-order valence-corrected chi connectivity index (χ1v) is 5.87. The van der Waals surface area contributed by atoms with Crippen molar-refractivity contribution in [2.75, 3.05) is 6.54 Å². The Hall–Kier alpha value is -1.34. The summed E-state index contributed by atoms with van der Waals surface area (Å²) in [6, 6.07) is 0. The van der Waals surface area contributed by atoms with Gasteiger partial charge in [-0.2, -0.15) is 4.98 Å². The Labute approximate surface area is 95.8 Å². The lowest BCUT2D eigenvalue weighted by Gasteiger charge is -2.17. The van der Waals surface area contributed by atoms with Crippen LogP contribution in [0.5, 0.6) is 0 Å². The Balaban J connectivity index is 1.88. The van der Waals surface area contributed by atoms with Crippen molar-refractivity contribution in [2.45, 2.75) is 44.6 Å². The van der Waals surface area contributed by atoms with E-state index in [1.165, 1.54) is 32.1 Å². The molecule has 4 heteroatoms. The highest BCUT2D eigenvalue weighted by atomic mass is 16.5. The smallest absolute Gasteiger partial charge is 0.240 e. The molecule has 0 saturated heterocycles. The normalized spacial score (nSPS) is 17.2. The van der Waals surface area contributed by atoms with E-state index in [0.29, 0.717) is 24.9 Å². The van der Waals surface area contributed by atoms with Crippen molar-refractivity contribution < 1.29 is 4.52 Å². The van der Waals surface area contributed by atoms with Gasteiger partial charge in [-0.05, 0) is 12.8 Å². The molecule has 0 amide bonds. The molecule has 2 rings (SSSR count). The van der Waals surface area contributed by atoms with E-state index in [0.717, 1.165) is 5.82 Å². The second-order valence-corrected chi connectivity index (χ2v) is 4.19. The molecule has 86 valence electrons. The Morgan fingerprint density at radius 2 is 2.19 bits per heavy atom. The fraction of sp³-hybridized carbons (Fsp3) is 0.667. The van der Waals surface area contributed by atoms with E-state index < -0.39 is 0 Å². The molecule has 1 aliphatic carbocycles. The summed E-state index contributed by atoms with van der Waals surface area (Å²) in [4.78, 5) is 4.40. The Kier molecular flexibility index (Phi) is 3.95. The van der Waals surface area contributed by atoms with E-state index >= 15 is 0 Å². The van der Waals surface area contributed by atoms with E-state index in [4.69, 9.17) is 10.9 Å². The standard InChI is InChI=1S/C12H17N3O/c1-2-8-13-9-11-14-12(15-16-11)10-6-4-3-5-7-10/h1,10,13H,3-9H2. The Morgan fingerprint density at radius 1 is 1.38 bits per heavy atom. The van der Waals surface area contributed by atoms with Crippen LogP contribution in [0, 0.1) is 12.3 Å². The minimum Gasteiger partial charge on any atom is -0.338 e. The quantitative estimate of drug-likeness (QED) is 0.620. The molecular weight excluding hydrogens is 202 g/mol. The van der Waals surface area contributed by atoms with Crippen LogP contribution in [0.3, 0.4) is 0 Å². The molecule has 0 spiro atoms. The second-order valence-electron chi connectivity index (χ2n) is 4.19. The van der Waals surface area contributed by atoms with Crippen molar-refractivity contribution in [3.8, 4) is 12.3 Å². The first-order valence-electron chi connectivity index (χ1n) is 5.87. The monoisotopic (exact) mass is 219 g/mol. The minimum atomic E-state index is 0.499. The molecule has 0 bridgehead atoms. The number of nitrogens with one attached hydrogen (secondary N) is 1. The third-order valence-corrected chi connectivity index (χ3v) is 2.96. The van der Waals surface area contributed by atoms with Gasteiger partial charge in [-0.15, -0.1) is 6.42 Å².